The minimum Gasteiger partial charge on any atom is -0.462 e. The number of benzene rings is 1. The Balaban J connectivity index is 1.58. The molecule has 0 spiro atoms. The minimum atomic E-state index is -0.358. The van der Waals surface area contributed by atoms with Gasteiger partial charge >= 0.3 is 5.97 Å². The summed E-state index contributed by atoms with van der Waals surface area (Å²) in [6.07, 6.45) is 2.24. The lowest BCUT2D eigenvalue weighted by molar-refractivity contribution is 0.0509. The SMILES string of the molecule is Cc1ncsc1CCOC(=O)c1ccc(N(C)c2ccccc2)nc1. The number of nitrogens with zero attached hydrogens (tertiary/aromatic N) is 3. The van der Waals surface area contributed by atoms with Crippen LogP contribution in [-0.4, -0.2) is 29.6 Å². The molecule has 0 aliphatic rings. The summed E-state index contributed by atoms with van der Waals surface area (Å²) in [4.78, 5) is 23.8. The van der Waals surface area contributed by atoms with Crippen molar-refractivity contribution in [1.82, 2.24) is 9.97 Å². The van der Waals surface area contributed by atoms with Crippen LogP contribution in [0.4, 0.5) is 11.5 Å². The third kappa shape index (κ3) is 4.22. The molecule has 0 atom stereocenters. The third-order valence-corrected chi connectivity index (χ3v) is 4.87. The zero-order chi connectivity index (χ0) is 17.6. The summed E-state index contributed by atoms with van der Waals surface area (Å²) in [7, 11) is 1.94. The average molecular weight is 353 g/mol. The van der Waals surface area contributed by atoms with Crippen molar-refractivity contribution >= 4 is 28.8 Å². The molecule has 0 aliphatic carbocycles. The highest BCUT2D eigenvalue weighted by Gasteiger charge is 2.11. The molecule has 3 rings (SSSR count). The molecule has 0 radical (unpaired) electrons. The molecule has 0 aliphatic heterocycles. The van der Waals surface area contributed by atoms with Gasteiger partial charge in [0.1, 0.15) is 5.82 Å². The van der Waals surface area contributed by atoms with Crippen LogP contribution in [0.1, 0.15) is 20.9 Å². The van der Waals surface area contributed by atoms with Crippen LogP contribution >= 0.6 is 11.3 Å². The van der Waals surface area contributed by atoms with Crippen LogP contribution in [0.2, 0.25) is 0 Å². The molecule has 1 aromatic carbocycles. The third-order valence-electron chi connectivity index (χ3n) is 3.88. The van der Waals surface area contributed by atoms with Crippen molar-refractivity contribution in [3.05, 3.63) is 70.3 Å². The fourth-order valence-corrected chi connectivity index (χ4v) is 3.14. The summed E-state index contributed by atoms with van der Waals surface area (Å²) in [5, 5.41) is 0. The van der Waals surface area contributed by atoms with E-state index >= 15 is 0 Å². The second kappa shape index (κ2) is 7.90. The maximum atomic E-state index is 12.1. The molecular weight excluding hydrogens is 334 g/mol. The highest BCUT2D eigenvalue weighted by atomic mass is 32.1. The lowest BCUT2D eigenvalue weighted by Crippen LogP contribution is -2.12. The highest BCUT2D eigenvalue weighted by Crippen LogP contribution is 2.21. The summed E-state index contributed by atoms with van der Waals surface area (Å²) in [6, 6.07) is 13.5. The Morgan fingerprint density at radius 3 is 2.60 bits per heavy atom. The molecule has 2 heterocycles. The van der Waals surface area contributed by atoms with Gasteiger partial charge in [-0.25, -0.2) is 14.8 Å². The molecule has 128 valence electrons. The molecule has 0 unspecified atom stereocenters. The van der Waals surface area contributed by atoms with Gasteiger partial charge in [-0.15, -0.1) is 11.3 Å². The van der Waals surface area contributed by atoms with E-state index in [9.17, 15) is 4.79 Å². The van der Waals surface area contributed by atoms with E-state index in [1.54, 1.807) is 29.1 Å². The second-order valence-corrected chi connectivity index (χ2v) is 6.49. The lowest BCUT2D eigenvalue weighted by atomic mass is 10.2. The maximum absolute atomic E-state index is 12.1. The molecule has 0 saturated carbocycles. The number of pyridine rings is 1. The van der Waals surface area contributed by atoms with Gasteiger partial charge in [-0.05, 0) is 31.2 Å². The van der Waals surface area contributed by atoms with E-state index in [-0.39, 0.29) is 5.97 Å². The van der Waals surface area contributed by atoms with Gasteiger partial charge in [-0.3, -0.25) is 0 Å². The molecule has 0 saturated heterocycles. The Kier molecular flexibility index (Phi) is 5.40. The zero-order valence-corrected chi connectivity index (χ0v) is 15.0. The number of aromatic nitrogens is 2. The zero-order valence-electron chi connectivity index (χ0n) is 14.2. The van der Waals surface area contributed by atoms with E-state index in [4.69, 9.17) is 4.74 Å². The summed E-state index contributed by atoms with van der Waals surface area (Å²) in [5.74, 6) is 0.409. The number of para-hydroxylation sites is 1. The molecule has 2 aromatic heterocycles. The largest absolute Gasteiger partial charge is 0.462 e. The van der Waals surface area contributed by atoms with Gasteiger partial charge in [0.05, 0.1) is 23.4 Å². The quantitative estimate of drug-likeness (QED) is 0.627. The van der Waals surface area contributed by atoms with Crippen LogP contribution in [0.25, 0.3) is 0 Å². The van der Waals surface area contributed by atoms with Gasteiger partial charge < -0.3 is 9.64 Å². The van der Waals surface area contributed by atoms with Crippen LogP contribution in [0.15, 0.2) is 54.2 Å². The van der Waals surface area contributed by atoms with Crippen molar-refractivity contribution < 1.29 is 9.53 Å². The normalized spacial score (nSPS) is 10.5. The van der Waals surface area contributed by atoms with Gasteiger partial charge in [0.2, 0.25) is 0 Å². The van der Waals surface area contributed by atoms with Crippen LogP contribution in [-0.2, 0) is 11.2 Å². The number of hydrogen-bond acceptors (Lipinski definition) is 6. The van der Waals surface area contributed by atoms with Crippen molar-refractivity contribution in [1.29, 1.82) is 0 Å². The van der Waals surface area contributed by atoms with Crippen molar-refractivity contribution in [2.75, 3.05) is 18.6 Å². The van der Waals surface area contributed by atoms with Gasteiger partial charge in [0.15, 0.2) is 0 Å². The topological polar surface area (TPSA) is 55.3 Å². The average Bonchev–Trinajstić information content (AvgIpc) is 3.07. The first kappa shape index (κ1) is 17.1. The predicted molar refractivity (Wildman–Crippen MR) is 99.6 cm³/mol. The number of rotatable bonds is 6. The lowest BCUT2D eigenvalue weighted by Gasteiger charge is -2.18. The van der Waals surface area contributed by atoms with E-state index in [1.807, 2.05) is 55.3 Å². The number of ether oxygens (including phenoxy) is 1. The smallest absolute Gasteiger partial charge is 0.339 e. The predicted octanol–water partition coefficient (Wildman–Crippen LogP) is 4.01. The monoisotopic (exact) mass is 353 g/mol. The number of thiazole rings is 1. The summed E-state index contributed by atoms with van der Waals surface area (Å²) >= 11 is 1.58. The molecule has 6 heteroatoms. The van der Waals surface area contributed by atoms with Gasteiger partial charge in [-0.1, -0.05) is 18.2 Å². The van der Waals surface area contributed by atoms with Gasteiger partial charge in [-0.2, -0.15) is 0 Å². The Bertz CT molecular complexity index is 831. The molecular formula is C19H19N3O2S. The highest BCUT2D eigenvalue weighted by molar-refractivity contribution is 7.09. The number of carbonyl (C=O) groups excluding carboxylic acids is 1. The van der Waals surface area contributed by atoms with Crippen LogP contribution in [0.5, 0.6) is 0 Å². The van der Waals surface area contributed by atoms with Crippen LogP contribution < -0.4 is 4.90 Å². The second-order valence-electron chi connectivity index (χ2n) is 5.55. The molecule has 0 fully saturated rings. The fraction of sp³-hybridized carbons (Fsp3) is 0.211. The summed E-state index contributed by atoms with van der Waals surface area (Å²) in [5.41, 5.74) is 4.28. The van der Waals surface area contributed by atoms with Gasteiger partial charge in [0, 0.05) is 30.2 Å². The number of esters is 1. The van der Waals surface area contributed by atoms with Crippen LogP contribution in [0.3, 0.4) is 0 Å². The number of carbonyl (C=O) groups is 1. The summed E-state index contributed by atoms with van der Waals surface area (Å²) < 4.78 is 5.33. The number of hydrogen-bond donors (Lipinski definition) is 0. The fourth-order valence-electron chi connectivity index (χ4n) is 2.37. The van der Waals surface area contributed by atoms with Crippen molar-refractivity contribution in [2.45, 2.75) is 13.3 Å². The molecule has 0 amide bonds. The van der Waals surface area contributed by atoms with Crippen molar-refractivity contribution in [2.24, 2.45) is 0 Å². The Morgan fingerprint density at radius 1 is 1.16 bits per heavy atom. The van der Waals surface area contributed by atoms with E-state index in [0.717, 1.165) is 22.1 Å². The molecule has 0 bridgehead atoms. The first-order chi connectivity index (χ1) is 12.1. The van der Waals surface area contributed by atoms with Crippen molar-refractivity contribution in [3.8, 4) is 0 Å². The summed E-state index contributed by atoms with van der Waals surface area (Å²) in [6.45, 7) is 2.30. The standard InChI is InChI=1S/C19H19N3O2S/c1-14-17(25-13-21-14)10-11-24-19(23)15-8-9-18(20-12-15)22(2)16-6-4-3-5-7-16/h3-9,12-13H,10-11H2,1-2H3. The molecule has 0 N–H and O–H groups in total. The van der Waals surface area contributed by atoms with Gasteiger partial charge in [0.25, 0.3) is 0 Å². The molecule has 5 nitrogen and oxygen atoms in total. The Hall–Kier alpha value is -2.73. The van der Waals surface area contributed by atoms with E-state index in [1.165, 1.54) is 0 Å². The Morgan fingerprint density at radius 2 is 1.96 bits per heavy atom. The molecule has 25 heavy (non-hydrogen) atoms. The maximum Gasteiger partial charge on any atom is 0.339 e. The van der Waals surface area contributed by atoms with Crippen LogP contribution in [0, 0.1) is 6.92 Å². The first-order valence-corrected chi connectivity index (χ1v) is 8.84. The number of aryl methyl sites for hydroxylation is 1. The van der Waals surface area contributed by atoms with E-state index in [0.29, 0.717) is 18.6 Å². The van der Waals surface area contributed by atoms with Crippen molar-refractivity contribution in [3.63, 3.8) is 0 Å². The van der Waals surface area contributed by atoms with E-state index < -0.39 is 0 Å². The molecule has 3 aromatic rings. The van der Waals surface area contributed by atoms with E-state index in [2.05, 4.69) is 9.97 Å². The minimum absolute atomic E-state index is 0.341. The number of anilines is 2. The Labute approximate surface area is 150 Å². The first-order valence-electron chi connectivity index (χ1n) is 7.96.